The molecule has 0 amide bonds. The van der Waals surface area contributed by atoms with Crippen molar-refractivity contribution in [2.45, 2.75) is 5.79 Å². The largest absolute Gasteiger partial charge is 1.00 e. The summed E-state index contributed by atoms with van der Waals surface area (Å²) < 4.78 is 0. The van der Waals surface area contributed by atoms with Crippen LogP contribution in [0.1, 0.15) is 5.56 Å². The van der Waals surface area contributed by atoms with E-state index < -0.39 is 11.8 Å². The minimum absolute atomic E-state index is 0. The molecule has 0 aliphatic heterocycles. The van der Waals surface area contributed by atoms with Crippen LogP contribution in [0.4, 0.5) is 0 Å². The van der Waals surface area contributed by atoms with E-state index in [1.165, 1.54) is 24.3 Å². The molecule has 0 fully saturated rings. The molecule has 13 heavy (non-hydrogen) atoms. The van der Waals surface area contributed by atoms with Crippen molar-refractivity contribution >= 4 is 5.97 Å². The fraction of sp³-hybridized carbons (Fsp3) is 0.125. The Balaban J connectivity index is 0.00000144. The van der Waals surface area contributed by atoms with E-state index in [4.69, 9.17) is 10.2 Å². The average Bonchev–Trinajstić information content (AvgIpc) is 2.06. The molecular formula is C8H7KO4. The maximum atomic E-state index is 10.2. The fourth-order valence-corrected chi connectivity index (χ4v) is 0.788. The normalized spacial score (nSPS) is 10.3. The van der Waals surface area contributed by atoms with Gasteiger partial charge in [0.25, 0.3) is 0 Å². The van der Waals surface area contributed by atoms with Crippen LogP contribution in [0.3, 0.4) is 0 Å². The van der Waals surface area contributed by atoms with Gasteiger partial charge in [-0.3, -0.25) is 0 Å². The SMILES string of the molecule is O=C([O-])C(O)(O)c1ccccc1.[K+]. The summed E-state index contributed by atoms with van der Waals surface area (Å²) in [5.74, 6) is -4.84. The van der Waals surface area contributed by atoms with Gasteiger partial charge in [-0.1, -0.05) is 30.3 Å². The van der Waals surface area contributed by atoms with E-state index in [-0.39, 0.29) is 56.9 Å². The molecule has 0 atom stereocenters. The fourth-order valence-electron chi connectivity index (χ4n) is 0.788. The van der Waals surface area contributed by atoms with Crippen molar-refractivity contribution < 1.29 is 71.5 Å². The van der Waals surface area contributed by atoms with Crippen LogP contribution in [-0.4, -0.2) is 16.2 Å². The van der Waals surface area contributed by atoms with E-state index in [1.54, 1.807) is 6.07 Å². The number of carbonyl (C=O) groups is 1. The van der Waals surface area contributed by atoms with Crippen molar-refractivity contribution in [3.8, 4) is 0 Å². The third-order valence-electron chi connectivity index (χ3n) is 1.46. The van der Waals surface area contributed by atoms with Gasteiger partial charge in [0.2, 0.25) is 5.79 Å². The molecule has 4 nitrogen and oxygen atoms in total. The van der Waals surface area contributed by atoms with Gasteiger partial charge in [-0.25, -0.2) is 0 Å². The van der Waals surface area contributed by atoms with Crippen molar-refractivity contribution in [2.75, 3.05) is 0 Å². The predicted octanol–water partition coefficient (Wildman–Crippen LogP) is -4.42. The Morgan fingerprint density at radius 1 is 1.23 bits per heavy atom. The summed E-state index contributed by atoms with van der Waals surface area (Å²) >= 11 is 0. The van der Waals surface area contributed by atoms with Gasteiger partial charge in [0, 0.05) is 5.56 Å². The number of aliphatic hydroxyl groups is 2. The van der Waals surface area contributed by atoms with Crippen molar-refractivity contribution in [1.29, 1.82) is 0 Å². The quantitative estimate of drug-likeness (QED) is 0.378. The summed E-state index contributed by atoms with van der Waals surface area (Å²) in [6, 6.07) is 7.21. The number of rotatable bonds is 2. The zero-order valence-corrected chi connectivity index (χ0v) is 10.2. The molecule has 0 saturated carbocycles. The van der Waals surface area contributed by atoms with Crippen molar-refractivity contribution in [2.24, 2.45) is 0 Å². The first-order valence-corrected chi connectivity index (χ1v) is 3.27. The van der Waals surface area contributed by atoms with Crippen LogP contribution >= 0.6 is 0 Å². The molecule has 0 saturated heterocycles. The zero-order chi connectivity index (χ0) is 9.19. The Labute approximate surface area is 118 Å². The van der Waals surface area contributed by atoms with E-state index >= 15 is 0 Å². The Bertz CT molecular complexity index is 283. The Hall–Kier alpha value is 0.246. The number of aliphatic carboxylic acids is 1. The number of carboxylic acids is 1. The molecule has 2 N–H and O–H groups in total. The van der Waals surface area contributed by atoms with Crippen LogP contribution in [0.5, 0.6) is 0 Å². The van der Waals surface area contributed by atoms with E-state index in [1.807, 2.05) is 0 Å². The third-order valence-corrected chi connectivity index (χ3v) is 1.46. The molecule has 0 spiro atoms. The smallest absolute Gasteiger partial charge is 0.544 e. The summed E-state index contributed by atoms with van der Waals surface area (Å²) in [6.07, 6.45) is 0. The van der Waals surface area contributed by atoms with Crippen molar-refractivity contribution in [3.05, 3.63) is 35.9 Å². The number of hydrogen-bond donors (Lipinski definition) is 2. The average molecular weight is 206 g/mol. The topological polar surface area (TPSA) is 80.6 Å². The minimum Gasteiger partial charge on any atom is -0.544 e. The molecule has 0 aliphatic carbocycles. The summed E-state index contributed by atoms with van der Waals surface area (Å²) in [6.45, 7) is 0. The maximum absolute atomic E-state index is 10.2. The Morgan fingerprint density at radius 2 is 1.69 bits per heavy atom. The van der Waals surface area contributed by atoms with Gasteiger partial charge in [0.05, 0.1) is 0 Å². The van der Waals surface area contributed by atoms with E-state index in [9.17, 15) is 9.90 Å². The van der Waals surface area contributed by atoms with Crippen LogP contribution < -0.4 is 56.5 Å². The summed E-state index contributed by atoms with van der Waals surface area (Å²) in [4.78, 5) is 10.2. The summed E-state index contributed by atoms with van der Waals surface area (Å²) in [7, 11) is 0. The van der Waals surface area contributed by atoms with Crippen LogP contribution in [0.2, 0.25) is 0 Å². The zero-order valence-electron chi connectivity index (χ0n) is 7.10. The summed E-state index contributed by atoms with van der Waals surface area (Å²) in [5.41, 5.74) is -0.120. The van der Waals surface area contributed by atoms with Gasteiger partial charge < -0.3 is 20.1 Å². The van der Waals surface area contributed by atoms with Crippen LogP contribution in [-0.2, 0) is 10.6 Å². The Kier molecular flexibility index (Phi) is 5.31. The van der Waals surface area contributed by atoms with Gasteiger partial charge in [-0.15, -0.1) is 0 Å². The molecular weight excluding hydrogens is 199 g/mol. The van der Waals surface area contributed by atoms with Crippen LogP contribution in [0, 0.1) is 0 Å². The van der Waals surface area contributed by atoms with Crippen LogP contribution in [0.15, 0.2) is 30.3 Å². The van der Waals surface area contributed by atoms with E-state index in [0.717, 1.165) is 0 Å². The molecule has 5 heteroatoms. The van der Waals surface area contributed by atoms with Crippen LogP contribution in [0.25, 0.3) is 0 Å². The Morgan fingerprint density at radius 3 is 2.08 bits per heavy atom. The van der Waals surface area contributed by atoms with Gasteiger partial charge >= 0.3 is 51.4 Å². The molecule has 0 unspecified atom stereocenters. The molecule has 0 radical (unpaired) electrons. The van der Waals surface area contributed by atoms with Crippen molar-refractivity contribution in [3.63, 3.8) is 0 Å². The third kappa shape index (κ3) is 3.14. The molecule has 1 rings (SSSR count). The predicted molar refractivity (Wildman–Crippen MR) is 37.6 cm³/mol. The first-order chi connectivity index (χ1) is 5.55. The standard InChI is InChI=1S/C8H8O4.K/c9-7(10)8(11,12)6-4-2-1-3-5-6;/h1-5,11-12H,(H,9,10);/q;+1/p-1. The van der Waals surface area contributed by atoms with Gasteiger partial charge in [-0.2, -0.15) is 0 Å². The van der Waals surface area contributed by atoms with Gasteiger partial charge in [-0.05, 0) is 0 Å². The van der Waals surface area contributed by atoms with Crippen molar-refractivity contribution in [1.82, 2.24) is 0 Å². The minimum atomic E-state index is -2.90. The number of hydrogen-bond acceptors (Lipinski definition) is 4. The van der Waals surface area contributed by atoms with Gasteiger partial charge in [0.15, 0.2) is 0 Å². The molecule has 0 aromatic heterocycles. The first-order valence-electron chi connectivity index (χ1n) is 3.27. The molecule has 0 bridgehead atoms. The number of carboxylic acid groups (broad SMARTS) is 1. The van der Waals surface area contributed by atoms with E-state index in [2.05, 4.69) is 0 Å². The number of carbonyl (C=O) groups excluding carboxylic acids is 1. The number of benzene rings is 1. The molecule has 1 aromatic rings. The monoisotopic (exact) mass is 206 g/mol. The molecule has 0 heterocycles. The second-order valence-corrected chi connectivity index (χ2v) is 2.33. The molecule has 0 aliphatic rings. The second kappa shape index (κ2) is 5.21. The molecule has 64 valence electrons. The summed E-state index contributed by atoms with van der Waals surface area (Å²) in [5, 5.41) is 28.1. The molecule has 1 aromatic carbocycles. The second-order valence-electron chi connectivity index (χ2n) is 2.33. The maximum Gasteiger partial charge on any atom is 1.00 e. The first kappa shape index (κ1) is 13.2. The van der Waals surface area contributed by atoms with Gasteiger partial charge in [0.1, 0.15) is 5.97 Å². The van der Waals surface area contributed by atoms with E-state index in [0.29, 0.717) is 0 Å².